The van der Waals surface area contributed by atoms with Crippen molar-refractivity contribution < 1.29 is 0 Å². The van der Waals surface area contributed by atoms with Gasteiger partial charge in [-0.1, -0.05) is 0 Å². The number of rotatable bonds is 4. The van der Waals surface area contributed by atoms with Gasteiger partial charge in [-0.2, -0.15) is 0 Å². The third kappa shape index (κ3) is 3.22. The van der Waals surface area contributed by atoms with Crippen LogP contribution < -0.4 is 5.32 Å². The fourth-order valence-corrected chi connectivity index (χ4v) is 5.26. The van der Waals surface area contributed by atoms with Crippen molar-refractivity contribution in [1.82, 2.24) is 10.3 Å². The molecule has 0 saturated heterocycles. The standard InChI is InChI=1S/C17H24N2S2/c1-10(2)18-16(13-9-11(3)20-12(13)4)17-19-14-7-5-6-8-15(14)21-17/h9-10,16,18H,5-8H2,1-4H3. The summed E-state index contributed by atoms with van der Waals surface area (Å²) in [7, 11) is 0. The Labute approximate surface area is 135 Å². The lowest BCUT2D eigenvalue weighted by atomic mass is 10.0. The molecule has 3 rings (SSSR count). The first-order valence-corrected chi connectivity index (χ1v) is 9.49. The SMILES string of the molecule is Cc1cc(C(NC(C)C)c2nc3c(s2)CCCC3)c(C)s1. The highest BCUT2D eigenvalue weighted by Crippen LogP contribution is 2.36. The summed E-state index contributed by atoms with van der Waals surface area (Å²) in [5.74, 6) is 0. The number of fused-ring (bicyclic) bond motifs is 1. The van der Waals surface area contributed by atoms with Crippen LogP contribution in [-0.4, -0.2) is 11.0 Å². The average molecular weight is 321 g/mol. The number of nitrogens with zero attached hydrogens (tertiary/aromatic N) is 1. The van der Waals surface area contributed by atoms with Crippen molar-refractivity contribution >= 4 is 22.7 Å². The molecule has 4 heteroatoms. The second-order valence-corrected chi connectivity index (χ2v) is 8.83. The van der Waals surface area contributed by atoms with Gasteiger partial charge in [0.25, 0.3) is 0 Å². The Morgan fingerprint density at radius 3 is 2.52 bits per heavy atom. The number of thiophene rings is 1. The summed E-state index contributed by atoms with van der Waals surface area (Å²) in [6.45, 7) is 8.86. The van der Waals surface area contributed by atoms with E-state index in [9.17, 15) is 0 Å². The zero-order valence-corrected chi connectivity index (χ0v) is 15.0. The molecule has 21 heavy (non-hydrogen) atoms. The first-order valence-electron chi connectivity index (χ1n) is 7.86. The van der Waals surface area contributed by atoms with Crippen molar-refractivity contribution in [3.8, 4) is 0 Å². The van der Waals surface area contributed by atoms with Crippen LogP contribution in [0.4, 0.5) is 0 Å². The summed E-state index contributed by atoms with van der Waals surface area (Å²) in [4.78, 5) is 9.32. The lowest BCUT2D eigenvalue weighted by Crippen LogP contribution is -2.29. The van der Waals surface area contributed by atoms with Crippen molar-refractivity contribution in [3.63, 3.8) is 0 Å². The van der Waals surface area contributed by atoms with E-state index in [1.807, 2.05) is 22.7 Å². The molecule has 1 atom stereocenters. The van der Waals surface area contributed by atoms with Crippen LogP contribution in [0.2, 0.25) is 0 Å². The molecule has 1 N–H and O–H groups in total. The molecule has 1 aliphatic carbocycles. The van der Waals surface area contributed by atoms with Gasteiger partial charge >= 0.3 is 0 Å². The van der Waals surface area contributed by atoms with Gasteiger partial charge in [0.15, 0.2) is 0 Å². The Morgan fingerprint density at radius 2 is 1.90 bits per heavy atom. The van der Waals surface area contributed by atoms with E-state index in [1.54, 1.807) is 0 Å². The van der Waals surface area contributed by atoms with E-state index < -0.39 is 0 Å². The molecule has 0 aromatic carbocycles. The fourth-order valence-electron chi connectivity index (χ4n) is 3.06. The second-order valence-electron chi connectivity index (χ2n) is 6.25. The van der Waals surface area contributed by atoms with Gasteiger partial charge in [-0.05, 0) is 65.0 Å². The van der Waals surface area contributed by atoms with Gasteiger partial charge in [-0.15, -0.1) is 22.7 Å². The largest absolute Gasteiger partial charge is 0.302 e. The van der Waals surface area contributed by atoms with Gasteiger partial charge in [0, 0.05) is 20.7 Å². The second kappa shape index (κ2) is 6.19. The molecule has 2 heterocycles. The van der Waals surface area contributed by atoms with Crippen LogP contribution in [0.1, 0.15) is 63.6 Å². The Morgan fingerprint density at radius 1 is 1.14 bits per heavy atom. The van der Waals surface area contributed by atoms with E-state index in [2.05, 4.69) is 39.1 Å². The number of nitrogens with one attached hydrogen (secondary N) is 1. The highest BCUT2D eigenvalue weighted by molar-refractivity contribution is 7.12. The van der Waals surface area contributed by atoms with Crippen LogP contribution in [0, 0.1) is 13.8 Å². The Bertz CT molecular complexity index is 601. The molecule has 0 radical (unpaired) electrons. The maximum Gasteiger partial charge on any atom is 0.115 e. The van der Waals surface area contributed by atoms with E-state index >= 15 is 0 Å². The molecule has 1 aliphatic rings. The number of aromatic nitrogens is 1. The normalized spacial score (nSPS) is 16.2. The first-order chi connectivity index (χ1) is 10.0. The molecular weight excluding hydrogens is 296 g/mol. The van der Waals surface area contributed by atoms with Gasteiger partial charge in [0.2, 0.25) is 0 Å². The molecule has 2 aromatic heterocycles. The molecule has 2 nitrogen and oxygen atoms in total. The molecule has 0 aliphatic heterocycles. The smallest absolute Gasteiger partial charge is 0.115 e. The van der Waals surface area contributed by atoms with Gasteiger partial charge in [0.05, 0.1) is 11.7 Å². The van der Waals surface area contributed by atoms with Crippen molar-refractivity contribution in [2.24, 2.45) is 0 Å². The fraction of sp³-hybridized carbons (Fsp3) is 0.588. The average Bonchev–Trinajstić information content (AvgIpc) is 2.98. The summed E-state index contributed by atoms with van der Waals surface area (Å²) < 4.78 is 0. The first kappa shape index (κ1) is 15.2. The highest BCUT2D eigenvalue weighted by Gasteiger charge is 2.24. The van der Waals surface area contributed by atoms with Crippen LogP contribution in [0.25, 0.3) is 0 Å². The van der Waals surface area contributed by atoms with Crippen molar-refractivity contribution in [3.05, 3.63) is 37.0 Å². The molecular formula is C17H24N2S2. The van der Waals surface area contributed by atoms with Gasteiger partial charge in [-0.3, -0.25) is 0 Å². The zero-order chi connectivity index (χ0) is 15.0. The summed E-state index contributed by atoms with van der Waals surface area (Å²) in [5, 5.41) is 4.99. The van der Waals surface area contributed by atoms with E-state index in [4.69, 9.17) is 4.98 Å². The van der Waals surface area contributed by atoms with Crippen LogP contribution in [-0.2, 0) is 12.8 Å². The molecule has 0 spiro atoms. The van der Waals surface area contributed by atoms with Crippen LogP contribution >= 0.6 is 22.7 Å². The van der Waals surface area contributed by atoms with E-state index in [1.165, 1.54) is 56.6 Å². The topological polar surface area (TPSA) is 24.9 Å². The third-order valence-corrected chi connectivity index (χ3v) is 6.20. The molecule has 2 aromatic rings. The van der Waals surface area contributed by atoms with Gasteiger partial charge < -0.3 is 5.32 Å². The molecule has 0 amide bonds. The summed E-state index contributed by atoms with van der Waals surface area (Å²) in [5.41, 5.74) is 2.78. The predicted molar refractivity (Wildman–Crippen MR) is 92.7 cm³/mol. The Kier molecular flexibility index (Phi) is 4.48. The Hall–Kier alpha value is -0.710. The number of hydrogen-bond acceptors (Lipinski definition) is 4. The third-order valence-electron chi connectivity index (χ3n) is 4.00. The number of thiazole rings is 1. The van der Waals surface area contributed by atoms with Gasteiger partial charge in [-0.25, -0.2) is 4.98 Å². The van der Waals surface area contributed by atoms with Crippen LogP contribution in [0.3, 0.4) is 0 Å². The van der Waals surface area contributed by atoms with Crippen LogP contribution in [0.5, 0.6) is 0 Å². The number of hydrogen-bond donors (Lipinski definition) is 1. The zero-order valence-electron chi connectivity index (χ0n) is 13.3. The molecule has 0 fully saturated rings. The maximum atomic E-state index is 4.99. The van der Waals surface area contributed by atoms with E-state index in [0.717, 1.165) is 0 Å². The van der Waals surface area contributed by atoms with Crippen molar-refractivity contribution in [2.75, 3.05) is 0 Å². The highest BCUT2D eigenvalue weighted by atomic mass is 32.1. The minimum Gasteiger partial charge on any atom is -0.302 e. The van der Waals surface area contributed by atoms with Crippen molar-refractivity contribution in [2.45, 2.75) is 65.5 Å². The summed E-state index contributed by atoms with van der Waals surface area (Å²) >= 11 is 3.82. The van der Waals surface area contributed by atoms with Crippen LogP contribution in [0.15, 0.2) is 6.07 Å². The molecule has 0 bridgehead atoms. The summed E-state index contributed by atoms with van der Waals surface area (Å²) in [6, 6.07) is 3.04. The van der Waals surface area contributed by atoms with E-state index in [0.29, 0.717) is 6.04 Å². The maximum absolute atomic E-state index is 4.99. The van der Waals surface area contributed by atoms with E-state index in [-0.39, 0.29) is 6.04 Å². The lowest BCUT2D eigenvalue weighted by Gasteiger charge is -2.19. The Balaban J connectivity index is 1.99. The predicted octanol–water partition coefficient (Wildman–Crippen LogP) is 4.79. The number of aryl methyl sites for hydroxylation is 4. The molecule has 114 valence electrons. The van der Waals surface area contributed by atoms with Gasteiger partial charge in [0.1, 0.15) is 5.01 Å². The summed E-state index contributed by atoms with van der Waals surface area (Å²) in [6.07, 6.45) is 5.02. The lowest BCUT2D eigenvalue weighted by molar-refractivity contribution is 0.525. The van der Waals surface area contributed by atoms with Crippen molar-refractivity contribution in [1.29, 1.82) is 0 Å². The monoisotopic (exact) mass is 320 g/mol. The quantitative estimate of drug-likeness (QED) is 0.876. The minimum absolute atomic E-state index is 0.255. The molecule has 0 saturated carbocycles. The molecule has 1 unspecified atom stereocenters. The minimum atomic E-state index is 0.255.